The van der Waals surface area contributed by atoms with Crippen LogP contribution in [0.25, 0.3) is 32.7 Å². The van der Waals surface area contributed by atoms with Crippen molar-refractivity contribution < 1.29 is 18.9 Å². The molecule has 0 fully saturated rings. The van der Waals surface area contributed by atoms with Gasteiger partial charge in [-0.3, -0.25) is 0 Å². The van der Waals surface area contributed by atoms with Crippen LogP contribution in [0, 0.1) is 0 Å². The molecule has 4 atom stereocenters. The molecular weight excluding hydrogens is 929 g/mol. The van der Waals surface area contributed by atoms with Gasteiger partial charge in [-0.05, 0) is 193 Å². The maximum atomic E-state index is 6.62. The van der Waals surface area contributed by atoms with Gasteiger partial charge in [0.2, 0.25) is 0 Å². The lowest BCUT2D eigenvalue weighted by Gasteiger charge is -2.20. The second kappa shape index (κ2) is 30.7. The second-order valence-electron chi connectivity index (χ2n) is 21.8. The summed E-state index contributed by atoms with van der Waals surface area (Å²) in [5.41, 5.74) is 6.79. The molecule has 0 aliphatic rings. The lowest BCUT2D eigenvalue weighted by molar-refractivity contribution is 0.206. The first-order valence-corrected chi connectivity index (χ1v) is 30.0. The summed E-state index contributed by atoms with van der Waals surface area (Å²) >= 11 is 0. The summed E-state index contributed by atoms with van der Waals surface area (Å²) in [5, 5.41) is 7.19. The zero-order valence-electron chi connectivity index (χ0n) is 47.9. The van der Waals surface area contributed by atoms with Crippen LogP contribution in [-0.4, -0.2) is 24.4 Å². The molecule has 0 aliphatic carbocycles. The van der Waals surface area contributed by atoms with Gasteiger partial charge in [0.25, 0.3) is 0 Å². The first-order chi connectivity index (χ1) is 37.2. The molecule has 404 valence electrons. The van der Waals surface area contributed by atoms with E-state index in [4.69, 9.17) is 18.9 Å². The lowest BCUT2D eigenvalue weighted by Crippen LogP contribution is -2.33. The van der Waals surface area contributed by atoms with Gasteiger partial charge in [-0.2, -0.15) is 0 Å². The Bertz CT molecular complexity index is 2580. The number of fused-ring (bicyclic) bond motifs is 3. The summed E-state index contributed by atoms with van der Waals surface area (Å²) in [7, 11) is 0. The Morgan fingerprint density at radius 2 is 0.500 bits per heavy atom. The number of unbranched alkanes of at least 4 members (excludes halogenated alkanes) is 12. The van der Waals surface area contributed by atoms with Crippen LogP contribution in [0.4, 0.5) is 0 Å². The van der Waals surface area contributed by atoms with E-state index in [1.165, 1.54) is 135 Å². The van der Waals surface area contributed by atoms with Crippen LogP contribution in [0.2, 0.25) is 0 Å². The molecule has 4 heteroatoms. The summed E-state index contributed by atoms with van der Waals surface area (Å²) in [4.78, 5) is 0. The Kier molecular flexibility index (Phi) is 23.3. The molecule has 7 aromatic carbocycles. The van der Waals surface area contributed by atoms with Crippen LogP contribution in [0.3, 0.4) is 0 Å². The average Bonchev–Trinajstić information content (AvgIpc) is 3.50. The highest BCUT2D eigenvalue weighted by atomic mass is 16.5. The molecule has 4 nitrogen and oxygen atoms in total. The van der Waals surface area contributed by atoms with Gasteiger partial charge in [0.1, 0.15) is 23.0 Å². The monoisotopic (exact) mass is 1020 g/mol. The molecule has 76 heavy (non-hydrogen) atoms. The van der Waals surface area contributed by atoms with Gasteiger partial charge in [-0.15, -0.1) is 0 Å². The van der Waals surface area contributed by atoms with Crippen molar-refractivity contribution in [2.45, 2.75) is 208 Å². The summed E-state index contributed by atoms with van der Waals surface area (Å²) in [5.74, 6) is 3.59. The van der Waals surface area contributed by atoms with Crippen LogP contribution in [0.1, 0.15) is 206 Å². The van der Waals surface area contributed by atoms with Crippen molar-refractivity contribution in [2.75, 3.05) is 0 Å². The van der Waals surface area contributed by atoms with Gasteiger partial charge in [0, 0.05) is 0 Å². The molecule has 0 heterocycles. The van der Waals surface area contributed by atoms with Gasteiger partial charge < -0.3 is 18.9 Å². The second-order valence-corrected chi connectivity index (χ2v) is 21.8. The van der Waals surface area contributed by atoms with Gasteiger partial charge in [0.15, 0.2) is 0 Å². The third kappa shape index (κ3) is 16.5. The zero-order valence-corrected chi connectivity index (χ0v) is 47.9. The molecule has 0 spiro atoms. The van der Waals surface area contributed by atoms with Gasteiger partial charge >= 0.3 is 0 Å². The predicted octanol–water partition coefficient (Wildman–Crippen LogP) is 19.4. The largest absolute Gasteiger partial charge is 0.491 e. The molecule has 0 bridgehead atoms. The highest BCUT2D eigenvalue weighted by Gasteiger charge is 2.20. The van der Waals surface area contributed by atoms with E-state index in [2.05, 4.69) is 201 Å². The molecule has 0 amide bonds. The Morgan fingerprint density at radius 3 is 0.724 bits per heavy atom. The minimum absolute atomic E-state index is 0.137. The van der Waals surface area contributed by atoms with Gasteiger partial charge in [0.05, 0.1) is 24.4 Å². The standard InChI is InChI=1S/C72H92O4/c1-9-13-17-21-29-53(5)73-61-45-37-57(38-46-61)69(58-39-47-62(48-40-58)74-54(6)30-22-18-14-10-2)71-67-35-27-25-33-65(67)66-34-26-28-36-68(66)72(71)70(59-41-49-63(50-42-59)75-55(7)31-23-19-15-11-3)60-43-51-64(52-44-60)76-56(8)32-24-20-16-12-4/h25-28,33-56H,9-24,29-32H2,1-8H3. The molecule has 0 saturated carbocycles. The van der Waals surface area contributed by atoms with Crippen LogP contribution in [-0.2, 0) is 0 Å². The summed E-state index contributed by atoms with van der Waals surface area (Å²) in [6, 6.07) is 53.6. The van der Waals surface area contributed by atoms with E-state index in [0.29, 0.717) is 0 Å². The van der Waals surface area contributed by atoms with Gasteiger partial charge in [-0.25, -0.2) is 0 Å². The highest BCUT2D eigenvalue weighted by molar-refractivity contribution is 6.10. The van der Waals surface area contributed by atoms with E-state index in [1.54, 1.807) is 0 Å². The maximum Gasteiger partial charge on any atom is 0.119 e. The summed E-state index contributed by atoms with van der Waals surface area (Å²) in [6.07, 6.45) is 24.5. The van der Waals surface area contributed by atoms with Crippen LogP contribution in [0.5, 0.6) is 23.0 Å². The predicted molar refractivity (Wildman–Crippen MR) is 325 cm³/mol. The van der Waals surface area contributed by atoms with Crippen LogP contribution in [0.15, 0.2) is 146 Å². The van der Waals surface area contributed by atoms with Crippen molar-refractivity contribution in [3.05, 3.63) is 178 Å². The van der Waals surface area contributed by atoms with Crippen molar-refractivity contribution >= 4 is 32.7 Å². The SMILES string of the molecule is CCCCCCC(C)Oc1ccc(C(c2ccc(OC(C)CCCCCC)cc2)=c2c(=C(c3ccc(OC(C)CCCCCC)cc3)c3ccc(OC(C)CCCCCC)cc3)c3ccccc3c3ccccc23)cc1. The van der Waals surface area contributed by atoms with Crippen molar-refractivity contribution in [2.24, 2.45) is 0 Å². The first-order valence-electron chi connectivity index (χ1n) is 30.0. The fraction of sp³-hybridized carbons (Fsp3) is 0.444. The Labute approximate surface area is 459 Å². The van der Waals surface area contributed by atoms with E-state index in [-0.39, 0.29) is 24.4 Å². The molecule has 0 aromatic heterocycles. The number of hydrogen-bond acceptors (Lipinski definition) is 4. The van der Waals surface area contributed by atoms with E-state index in [0.717, 1.165) is 82.1 Å². The van der Waals surface area contributed by atoms with Crippen molar-refractivity contribution in [3.63, 3.8) is 0 Å². The zero-order chi connectivity index (χ0) is 53.5. The molecule has 7 rings (SSSR count). The van der Waals surface area contributed by atoms with Crippen LogP contribution >= 0.6 is 0 Å². The Balaban J connectivity index is 1.49. The molecular formula is C72H92O4. The van der Waals surface area contributed by atoms with Crippen LogP contribution < -0.4 is 29.4 Å². The maximum absolute atomic E-state index is 6.62. The molecule has 0 N–H and O–H groups in total. The van der Waals surface area contributed by atoms with E-state index < -0.39 is 0 Å². The fourth-order valence-corrected chi connectivity index (χ4v) is 11.0. The first kappa shape index (κ1) is 57.7. The van der Waals surface area contributed by atoms with Gasteiger partial charge in [-0.1, -0.05) is 202 Å². The van der Waals surface area contributed by atoms with E-state index in [9.17, 15) is 0 Å². The molecule has 0 aliphatic heterocycles. The van der Waals surface area contributed by atoms with Crippen molar-refractivity contribution in [1.29, 1.82) is 0 Å². The lowest BCUT2D eigenvalue weighted by atomic mass is 9.85. The van der Waals surface area contributed by atoms with Crippen molar-refractivity contribution in [3.8, 4) is 23.0 Å². The molecule has 0 saturated heterocycles. The Morgan fingerprint density at radius 1 is 0.276 bits per heavy atom. The topological polar surface area (TPSA) is 36.9 Å². The molecule has 0 radical (unpaired) electrons. The Hall–Kier alpha value is -6.00. The average molecular weight is 1020 g/mol. The summed E-state index contributed by atoms with van der Waals surface area (Å²) < 4.78 is 26.5. The smallest absolute Gasteiger partial charge is 0.119 e. The van der Waals surface area contributed by atoms with Crippen molar-refractivity contribution in [1.82, 2.24) is 0 Å². The number of hydrogen-bond donors (Lipinski definition) is 0. The van der Waals surface area contributed by atoms with E-state index >= 15 is 0 Å². The number of ether oxygens (including phenoxy) is 4. The highest BCUT2D eigenvalue weighted by Crippen LogP contribution is 2.32. The minimum atomic E-state index is 0.137. The third-order valence-corrected chi connectivity index (χ3v) is 15.2. The molecule has 4 unspecified atom stereocenters. The third-order valence-electron chi connectivity index (χ3n) is 15.2. The quantitative estimate of drug-likeness (QED) is 0.0311. The van der Waals surface area contributed by atoms with E-state index in [1.807, 2.05) is 0 Å². The minimum Gasteiger partial charge on any atom is -0.491 e. The number of rotatable bonds is 32. The normalized spacial score (nSPS) is 13.1. The summed E-state index contributed by atoms with van der Waals surface area (Å²) in [6.45, 7) is 17.9. The molecule has 7 aromatic rings. The fourth-order valence-electron chi connectivity index (χ4n) is 11.0. The number of benzene rings is 7.